The Morgan fingerprint density at radius 1 is 0.731 bits per heavy atom. The zero-order valence-corrected chi connectivity index (χ0v) is 40.3. The minimum Gasteiger partial charge on any atom is -0.482 e. The summed E-state index contributed by atoms with van der Waals surface area (Å²) >= 11 is 24.6. The predicted molar refractivity (Wildman–Crippen MR) is 253 cm³/mol. The number of pyridine rings is 2. The molecule has 0 radical (unpaired) electrons. The van der Waals surface area contributed by atoms with Gasteiger partial charge in [-0.05, 0) is 110 Å². The van der Waals surface area contributed by atoms with Crippen LogP contribution in [0.5, 0.6) is 11.5 Å². The highest BCUT2D eigenvalue weighted by Gasteiger charge is 2.29. The van der Waals surface area contributed by atoms with E-state index in [0.717, 1.165) is 38.8 Å². The van der Waals surface area contributed by atoms with Gasteiger partial charge in [0, 0.05) is 57.8 Å². The zero-order chi connectivity index (χ0) is 48.2. The second-order valence-corrected chi connectivity index (χ2v) is 18.7. The summed E-state index contributed by atoms with van der Waals surface area (Å²) in [5, 5.41) is 20.9. The number of nitrogens with one attached hydrogen (secondary N) is 1. The van der Waals surface area contributed by atoms with Gasteiger partial charge in [0.1, 0.15) is 40.8 Å². The minimum absolute atomic E-state index is 0.0809. The van der Waals surface area contributed by atoms with Gasteiger partial charge in [-0.25, -0.2) is 32.9 Å². The van der Waals surface area contributed by atoms with Gasteiger partial charge in [0.15, 0.2) is 23.1 Å². The number of piperidine rings is 2. The molecule has 0 unspecified atom stereocenters. The van der Waals surface area contributed by atoms with Crippen LogP contribution in [0.4, 0.5) is 25.2 Å². The first-order chi connectivity index (χ1) is 31.9. The van der Waals surface area contributed by atoms with Crippen molar-refractivity contribution in [3.63, 3.8) is 0 Å². The first-order valence-corrected chi connectivity index (χ1v) is 23.0. The number of amides is 1. The molecule has 0 bridgehead atoms. The molecule has 8 rings (SSSR count). The molecule has 67 heavy (non-hydrogen) atoms. The fourth-order valence-electron chi connectivity index (χ4n) is 7.59. The molecule has 0 aliphatic carbocycles. The van der Waals surface area contributed by atoms with Crippen molar-refractivity contribution in [2.24, 2.45) is 0 Å². The van der Waals surface area contributed by atoms with Crippen LogP contribution in [-0.2, 0) is 4.74 Å². The Labute approximate surface area is 406 Å². The lowest BCUT2D eigenvalue weighted by Gasteiger charge is -2.33. The zero-order valence-electron chi connectivity index (χ0n) is 37.3. The normalized spacial score (nSPS) is 15.7. The molecule has 0 saturated carbocycles. The Bertz CT molecular complexity index is 2710. The highest BCUT2D eigenvalue weighted by molar-refractivity contribution is 6.36. The van der Waals surface area contributed by atoms with Crippen LogP contribution < -0.4 is 26.3 Å². The number of hydrogen-bond acceptors (Lipinski definition) is 13. The summed E-state index contributed by atoms with van der Waals surface area (Å²) in [6, 6.07) is 9.11. The molecule has 2 aliphatic rings. The topological polar surface area (TPSA) is 199 Å². The van der Waals surface area contributed by atoms with Crippen LogP contribution >= 0.6 is 46.4 Å². The number of benzene rings is 2. The van der Waals surface area contributed by atoms with Crippen molar-refractivity contribution in [3.8, 4) is 34.0 Å². The number of likely N-dealkylation sites (tertiary alicyclic amines) is 1. The molecule has 16 nitrogen and oxygen atoms in total. The van der Waals surface area contributed by atoms with E-state index in [1.165, 1.54) is 24.3 Å². The van der Waals surface area contributed by atoms with Crippen LogP contribution in [0.1, 0.15) is 95.7 Å². The van der Waals surface area contributed by atoms with Crippen molar-refractivity contribution in [3.05, 3.63) is 104 Å². The first-order valence-electron chi connectivity index (χ1n) is 21.5. The Morgan fingerprint density at radius 3 is 1.60 bits per heavy atom. The smallest absolute Gasteiger partial charge is 0.410 e. The number of carbonyl (C=O) groups is 1. The SMILES string of the molecule is C[C@H](Oc1cc(-c2cn(C3CCN(C(=O)OC(C)(C)C)CC3)nn2)cnc1N)c1c(Cl)ccc(F)c1Cl.C[C@H](Oc1cc(-c2cn(C3CCNCC3)nn2)cnc1N)c1c(Cl)ccc(F)c1Cl. The molecule has 1 amide bonds. The van der Waals surface area contributed by atoms with Gasteiger partial charge in [-0.2, -0.15) is 0 Å². The third kappa shape index (κ3) is 12.0. The van der Waals surface area contributed by atoms with E-state index in [-0.39, 0.29) is 44.6 Å². The average molecular weight is 1000 g/mol. The highest BCUT2D eigenvalue weighted by atomic mass is 35.5. The van der Waals surface area contributed by atoms with E-state index < -0.39 is 29.4 Å². The molecule has 6 heterocycles. The lowest BCUT2D eigenvalue weighted by Crippen LogP contribution is -2.42. The van der Waals surface area contributed by atoms with Gasteiger partial charge in [-0.1, -0.05) is 56.8 Å². The molecule has 6 aromatic rings. The van der Waals surface area contributed by atoms with E-state index in [2.05, 4.69) is 35.9 Å². The summed E-state index contributed by atoms with van der Waals surface area (Å²) in [7, 11) is 0. The number of rotatable bonds is 10. The quantitative estimate of drug-likeness (QED) is 0.110. The number of nitrogens with two attached hydrogens (primary N) is 2. The molecule has 22 heteroatoms. The van der Waals surface area contributed by atoms with Crippen molar-refractivity contribution < 1.29 is 27.8 Å². The maximum Gasteiger partial charge on any atom is 0.410 e. The van der Waals surface area contributed by atoms with Crippen LogP contribution in [0.2, 0.25) is 20.1 Å². The molecule has 5 N–H and O–H groups in total. The number of hydrogen-bond donors (Lipinski definition) is 3. The second kappa shape index (κ2) is 21.2. The molecular weight excluding hydrogens is 952 g/mol. The van der Waals surface area contributed by atoms with Crippen molar-refractivity contribution in [1.29, 1.82) is 0 Å². The van der Waals surface area contributed by atoms with Crippen molar-refractivity contribution in [1.82, 2.24) is 50.2 Å². The molecule has 356 valence electrons. The fourth-order valence-corrected chi connectivity index (χ4v) is 8.95. The summed E-state index contributed by atoms with van der Waals surface area (Å²) in [5.74, 6) is -0.207. The number of anilines is 2. The number of nitrogens with zero attached hydrogens (tertiary/aromatic N) is 9. The van der Waals surface area contributed by atoms with Gasteiger partial charge in [-0.15, -0.1) is 10.2 Å². The molecular formula is C45H50Cl4F2N12O4. The Balaban J connectivity index is 0.000000203. The maximum absolute atomic E-state index is 14.0. The number of ether oxygens (including phenoxy) is 3. The Morgan fingerprint density at radius 2 is 1.16 bits per heavy atom. The molecule has 2 aromatic carbocycles. The second-order valence-electron chi connectivity index (χ2n) is 17.1. The Kier molecular flexibility index (Phi) is 15.6. The van der Waals surface area contributed by atoms with Gasteiger partial charge in [0.05, 0.1) is 34.5 Å². The monoisotopic (exact) mass is 1000 g/mol. The summed E-state index contributed by atoms with van der Waals surface area (Å²) in [4.78, 5) is 22.5. The van der Waals surface area contributed by atoms with E-state index in [1.807, 2.05) is 37.8 Å². The molecule has 2 saturated heterocycles. The number of halogens is 6. The van der Waals surface area contributed by atoms with Crippen molar-refractivity contribution in [2.45, 2.75) is 90.2 Å². The minimum atomic E-state index is -0.694. The summed E-state index contributed by atoms with van der Waals surface area (Å²) in [5.41, 5.74) is 14.8. The number of nitrogen functional groups attached to an aromatic ring is 2. The largest absolute Gasteiger partial charge is 0.482 e. The standard InChI is InChI=1S/C25H29Cl2FN6O3.C20H21Cl2FN6O/c1-14(21-17(26)5-6-18(28)22(21)27)36-20-11-15(12-30-23(20)29)19-13-34(32-31-19)16-7-9-33(10-8-16)24(35)37-25(2,3)4;1-11(18-14(21)2-3-15(23)19(18)22)30-17-8-12(9-26-20(17)24)16-10-29(28-27-16)13-4-6-25-7-5-13/h5-6,11-14,16H,7-10H2,1-4H3,(H2,29,30);2-3,8-11,13,25H,4-7H2,1H3,(H2,24,26)/t14-;11-/m00/s1. The van der Waals surface area contributed by atoms with E-state index in [9.17, 15) is 13.6 Å². The van der Waals surface area contributed by atoms with E-state index in [1.54, 1.807) is 48.0 Å². The van der Waals surface area contributed by atoms with Crippen LogP contribution in [0.25, 0.3) is 22.5 Å². The van der Waals surface area contributed by atoms with Gasteiger partial charge < -0.3 is 35.9 Å². The van der Waals surface area contributed by atoms with Gasteiger partial charge in [-0.3, -0.25) is 0 Å². The number of carbonyl (C=O) groups excluding carboxylic acids is 1. The summed E-state index contributed by atoms with van der Waals surface area (Å²) in [6.07, 6.45) is 8.73. The van der Waals surface area contributed by atoms with Gasteiger partial charge in [0.2, 0.25) is 0 Å². The predicted octanol–water partition coefficient (Wildman–Crippen LogP) is 10.5. The third-order valence-corrected chi connectivity index (χ3v) is 12.6. The fraction of sp³-hybridized carbons (Fsp3) is 0.400. The first kappa shape index (κ1) is 49.4. The van der Waals surface area contributed by atoms with Crippen LogP contribution in [0.15, 0.2) is 61.2 Å². The lowest BCUT2D eigenvalue weighted by atomic mass is 10.1. The van der Waals surface area contributed by atoms with E-state index in [4.69, 9.17) is 72.1 Å². The molecule has 0 spiro atoms. The molecule has 4 aromatic heterocycles. The van der Waals surface area contributed by atoms with Crippen LogP contribution in [0.3, 0.4) is 0 Å². The average Bonchev–Trinajstić information content (AvgIpc) is 4.00. The van der Waals surface area contributed by atoms with E-state index in [0.29, 0.717) is 63.5 Å². The van der Waals surface area contributed by atoms with Crippen molar-refractivity contribution >= 4 is 64.1 Å². The van der Waals surface area contributed by atoms with Crippen LogP contribution in [-0.4, -0.2) is 82.7 Å². The van der Waals surface area contributed by atoms with E-state index >= 15 is 0 Å². The van der Waals surface area contributed by atoms with Gasteiger partial charge >= 0.3 is 6.09 Å². The maximum atomic E-state index is 14.0. The highest BCUT2D eigenvalue weighted by Crippen LogP contribution is 2.39. The van der Waals surface area contributed by atoms with Crippen molar-refractivity contribution in [2.75, 3.05) is 37.6 Å². The molecule has 2 aliphatic heterocycles. The molecule has 2 fully saturated rings. The summed E-state index contributed by atoms with van der Waals surface area (Å²) < 4.78 is 48.9. The van der Waals surface area contributed by atoms with Crippen LogP contribution in [0, 0.1) is 11.6 Å². The molecule has 2 atom stereocenters. The van der Waals surface area contributed by atoms with Gasteiger partial charge in [0.25, 0.3) is 0 Å². The summed E-state index contributed by atoms with van der Waals surface area (Å²) in [6.45, 7) is 12.0. The lowest BCUT2D eigenvalue weighted by molar-refractivity contribution is 0.0184. The number of aromatic nitrogens is 8. The Hall–Kier alpha value is -5.53. The third-order valence-electron chi connectivity index (χ3n) is 11.1.